The molecule has 14 heterocycles. The lowest BCUT2D eigenvalue weighted by atomic mass is 9.85. The lowest BCUT2D eigenvalue weighted by Crippen LogP contribution is -2.57. The van der Waals surface area contributed by atoms with Crippen LogP contribution in [-0.2, 0) is 83.1 Å². The Morgan fingerprint density at radius 2 is 0.690 bits per heavy atom. The summed E-state index contributed by atoms with van der Waals surface area (Å²) >= 11 is 0. The minimum absolute atomic E-state index is 0.0161. The fourth-order valence-corrected chi connectivity index (χ4v) is 25.8. The Kier molecular flexibility index (Phi) is 28.8. The van der Waals surface area contributed by atoms with Gasteiger partial charge in [0.2, 0.25) is 23.6 Å². The summed E-state index contributed by atoms with van der Waals surface area (Å²) in [4.78, 5) is 145. The number of hydrogen-bond acceptors (Lipinski definition) is 22. The second-order valence-electron chi connectivity index (χ2n) is 42.1. The Bertz CT molecular complexity index is 6170. The van der Waals surface area contributed by atoms with Gasteiger partial charge in [-0.05, 0) is 338 Å². The van der Waals surface area contributed by atoms with Gasteiger partial charge in [0.1, 0.15) is 60.5 Å². The molecule has 0 unspecified atom stereocenters. The molecule has 142 heavy (non-hydrogen) atoms. The van der Waals surface area contributed by atoms with Crippen molar-refractivity contribution in [2.45, 2.75) is 347 Å². The zero-order valence-corrected chi connectivity index (χ0v) is 84.6. The molecule has 8 saturated heterocycles. The third kappa shape index (κ3) is 19.9. The summed E-state index contributed by atoms with van der Waals surface area (Å²) in [7, 11) is 2.65. The number of rotatable bonds is 20. The summed E-state index contributed by atoms with van der Waals surface area (Å²) in [6, 6.07) is 25.9. The highest BCUT2D eigenvalue weighted by atomic mass is 16.6. The molecular formula is C110H138N14O18. The summed E-state index contributed by atoms with van der Waals surface area (Å²) in [5.41, 5.74) is 16.0. The van der Waals surface area contributed by atoms with Gasteiger partial charge < -0.3 is 98.2 Å². The second-order valence-corrected chi connectivity index (χ2v) is 42.1. The van der Waals surface area contributed by atoms with Crippen molar-refractivity contribution < 1.29 is 85.7 Å². The number of aliphatic imine (C=N–C) groups is 2. The highest BCUT2D eigenvalue weighted by molar-refractivity contribution is 6.09. The molecule has 20 rings (SSSR count). The summed E-state index contributed by atoms with van der Waals surface area (Å²) in [5, 5.41) is 16.1. The molecule has 8 aromatic rings. The van der Waals surface area contributed by atoms with E-state index in [0.29, 0.717) is 89.1 Å². The highest BCUT2D eigenvalue weighted by Gasteiger charge is 2.52. The number of likely N-dealkylation sites (tertiary alicyclic amines) is 4. The second kappa shape index (κ2) is 41.4. The van der Waals surface area contributed by atoms with Crippen LogP contribution in [0.15, 0.2) is 107 Å². The molecule has 756 valence electrons. The largest absolute Gasteiger partial charge is 0.488 e. The minimum Gasteiger partial charge on any atom is -0.488 e. The van der Waals surface area contributed by atoms with Gasteiger partial charge in [0.15, 0.2) is 0 Å². The molecule has 12 aliphatic heterocycles. The van der Waals surface area contributed by atoms with E-state index in [4.69, 9.17) is 67.3 Å². The molecule has 6 N–H and O–H groups in total. The first kappa shape index (κ1) is 98.8. The normalized spacial score (nSPS) is 28.8. The molecule has 0 saturated carbocycles. The Morgan fingerprint density at radius 3 is 1.01 bits per heavy atom. The van der Waals surface area contributed by atoms with Crippen LogP contribution in [0.4, 0.5) is 30.6 Å². The molecule has 0 spiro atoms. The predicted molar refractivity (Wildman–Crippen MR) is 537 cm³/mol. The topological polar surface area (TPSA) is 372 Å². The van der Waals surface area contributed by atoms with E-state index in [0.717, 1.165) is 174 Å². The van der Waals surface area contributed by atoms with Gasteiger partial charge in [-0.25, -0.2) is 29.1 Å². The first-order chi connectivity index (χ1) is 68.3. The molecule has 20 atom stereocenters. The minimum atomic E-state index is -0.747. The van der Waals surface area contributed by atoms with E-state index in [1.807, 2.05) is 87.4 Å². The van der Waals surface area contributed by atoms with Gasteiger partial charge in [-0.3, -0.25) is 29.2 Å². The maximum atomic E-state index is 14.8. The molecule has 32 nitrogen and oxygen atoms in total. The number of imidazole rings is 2. The van der Waals surface area contributed by atoms with Crippen molar-refractivity contribution in [2.75, 3.05) is 27.4 Å². The average molecular weight is 1940 g/mol. The fraction of sp³-hybridized carbons (Fsp3) is 0.564. The van der Waals surface area contributed by atoms with E-state index >= 15 is 0 Å². The van der Waals surface area contributed by atoms with E-state index in [1.54, 1.807) is 13.8 Å². The number of amides is 8. The fourth-order valence-electron chi connectivity index (χ4n) is 25.8. The Labute approximate surface area is 830 Å². The number of nitrogens with zero attached hydrogens (tertiary/aromatic N) is 8. The molecule has 32 heteroatoms. The van der Waals surface area contributed by atoms with Crippen LogP contribution in [0.25, 0.3) is 66.3 Å². The number of alkyl carbamates (subject to hydrolysis) is 4. The Balaban J connectivity index is 0.000000180. The molecule has 8 fully saturated rings. The number of aromatic nitrogens is 4. The van der Waals surface area contributed by atoms with Gasteiger partial charge in [0, 0.05) is 59.6 Å². The first-order valence-corrected chi connectivity index (χ1v) is 51.8. The van der Waals surface area contributed by atoms with E-state index in [-0.39, 0.29) is 158 Å². The van der Waals surface area contributed by atoms with Crippen LogP contribution < -0.4 is 30.7 Å². The van der Waals surface area contributed by atoms with E-state index in [2.05, 4.69) is 144 Å². The first-order valence-electron chi connectivity index (χ1n) is 51.8. The van der Waals surface area contributed by atoms with Gasteiger partial charge in [-0.15, -0.1) is 0 Å². The van der Waals surface area contributed by atoms with Crippen molar-refractivity contribution >= 4 is 92.3 Å². The van der Waals surface area contributed by atoms with Crippen molar-refractivity contribution in [1.82, 2.24) is 60.8 Å². The van der Waals surface area contributed by atoms with E-state index in [9.17, 15) is 38.4 Å². The molecule has 12 aliphatic rings. The van der Waals surface area contributed by atoms with Crippen molar-refractivity contribution in [3.05, 3.63) is 131 Å². The van der Waals surface area contributed by atoms with Crippen molar-refractivity contribution in [1.29, 1.82) is 0 Å². The number of benzene rings is 6. The molecule has 6 aromatic carbocycles. The maximum absolute atomic E-state index is 14.8. The quantitative estimate of drug-likeness (QED) is 0.0386. The lowest BCUT2D eigenvalue weighted by Gasteiger charge is -2.39. The van der Waals surface area contributed by atoms with E-state index in [1.165, 1.54) is 14.2 Å². The van der Waals surface area contributed by atoms with Gasteiger partial charge in [0.05, 0.1) is 136 Å². The number of fused-ring (bicyclic) bond motifs is 12. The highest BCUT2D eigenvalue weighted by Crippen LogP contribution is 2.51. The number of aromatic amines is 2. The van der Waals surface area contributed by atoms with Crippen LogP contribution in [-0.4, -0.2) is 236 Å². The van der Waals surface area contributed by atoms with Gasteiger partial charge in [-0.1, -0.05) is 36.4 Å². The monoisotopic (exact) mass is 1940 g/mol. The maximum Gasteiger partial charge on any atom is 0.407 e. The molecule has 0 radical (unpaired) electrons. The summed E-state index contributed by atoms with van der Waals surface area (Å²) in [5.74, 6) is 2.26. The molecule has 0 bridgehead atoms. The zero-order chi connectivity index (χ0) is 99.7. The zero-order valence-electron chi connectivity index (χ0n) is 84.6. The van der Waals surface area contributed by atoms with Crippen LogP contribution in [0.3, 0.4) is 0 Å². The third-order valence-corrected chi connectivity index (χ3v) is 32.0. The molecule has 2 aromatic heterocycles. The summed E-state index contributed by atoms with van der Waals surface area (Å²) < 4.78 is 57.7. The number of carbonyl (C=O) groups excluding carboxylic acids is 8. The Morgan fingerprint density at radius 1 is 0.380 bits per heavy atom. The van der Waals surface area contributed by atoms with Crippen molar-refractivity contribution in [3.63, 3.8) is 0 Å². The predicted octanol–water partition coefficient (Wildman–Crippen LogP) is 18.2. The Hall–Kier alpha value is -12.0. The number of hydrogen-bond donors (Lipinski definition) is 6. The number of methoxy groups -OCH3 is 2. The lowest BCUT2D eigenvalue weighted by molar-refractivity contribution is -0.141. The van der Waals surface area contributed by atoms with Crippen LogP contribution in [0.2, 0.25) is 0 Å². The van der Waals surface area contributed by atoms with Gasteiger partial charge >= 0.3 is 24.4 Å². The molecule has 8 amide bonds. The van der Waals surface area contributed by atoms with Crippen LogP contribution in [0.5, 0.6) is 11.5 Å². The number of nitrogens with one attached hydrogen (secondary N) is 6. The summed E-state index contributed by atoms with van der Waals surface area (Å²) in [6.07, 6.45) is 14.0. The SMILES string of the molecule is CCOC(=O)N[C@H](C(=O)N1[C@@H](C)CC[C@H]1C1=Nc2ccc3cc4c(cc3c2C1)OCc1cc(-c2cnc([C@@H]3CC[C@H](C)N3C(=O)[C@@H](NC(=O)OCC)C3C[C@@H](C)O[C@H](C)C3)[nH]2)ccc1-4)C1C[C@@H](C)O[C@H](C)C1.COC(=O)N[C@H](C(=O)N1[C@@H](C)CC[C@H]1C1=Nc2ccc3cc4c(cc3c2C1)OCc1cc(-c2cnc([C@@H]3CC[C@H](C)N3C(=O)[C@@H](NC(=O)OC)C3C[C@@H](C)O[C@H](C)C3)[nH]2)ccc1-4)C1C[C@@H](C)O[C@H](C)C1. The van der Waals surface area contributed by atoms with Crippen LogP contribution in [0.1, 0.15) is 246 Å². The smallest absolute Gasteiger partial charge is 0.407 e. The molecular weight excluding hydrogens is 1810 g/mol. The number of carbonyl (C=O) groups is 8. The van der Waals surface area contributed by atoms with Gasteiger partial charge in [0.25, 0.3) is 0 Å². The van der Waals surface area contributed by atoms with Crippen LogP contribution in [0, 0.1) is 23.7 Å². The summed E-state index contributed by atoms with van der Waals surface area (Å²) in [6.45, 7) is 29.2. The van der Waals surface area contributed by atoms with Gasteiger partial charge in [-0.2, -0.15) is 0 Å². The third-order valence-electron chi connectivity index (χ3n) is 32.0. The number of H-pyrrole nitrogens is 2. The van der Waals surface area contributed by atoms with E-state index < -0.39 is 48.5 Å². The van der Waals surface area contributed by atoms with Crippen LogP contribution >= 0.6 is 0 Å². The van der Waals surface area contributed by atoms with Crippen molar-refractivity contribution in [3.8, 4) is 56.3 Å². The molecule has 0 aliphatic carbocycles. The standard InChI is InChI=1S/C56H71N7O9.C54H67N7O9/c1-9-68-55(66)60-50(37-19-31(5)71-32(6)20-37)53(64)62-29(3)11-17-47(62)45-25-42-41-26-49-43(24-35(41)14-16-44(42)58-45)40-15-13-36(23-39(40)28-70-49)46-27-57-52(59-46)48-18-12-30(4)63(48)54(65)51(61-56(67)69-10-2)38-21-33(7)72-34(8)22-38;1-27-9-15-45(60(27)51(62)48(58-53(64)66-7)35-17-29(3)69-30(4)18-35)43-23-40-39-24-47-41(22-33(39)12-14-42(40)56-43)38-13-11-34(21-37(38)26-68-47)44-25-55-50(57-44)46-16-10-28(2)61(46)52(63)49(59-54(65)67-8)36-19-31(5)70-32(6)20-36/h13-16,23-24,26-27,29-34,37-38,47-48,50-51H,9-12,17-22,25,28H2,1-8H3,(H,57,59)(H,60,66)(H,61,67);11-14,21-22,24-25,27-32,35-36,45-46,48-49H,9-10,15-20,23,26H2,1-8H3,(H,55,57)(H,58,64)(H,59,65)/t29-,30-,31+,32+,33+,34+,47-,48-,50-,51-;27-,28-,29+,30+,31+,32+,45-,46-,48-,49-/m00/s1. The average Bonchev–Trinajstić information content (AvgIpc) is 1.73. The van der Waals surface area contributed by atoms with Crippen molar-refractivity contribution in [2.24, 2.45) is 33.7 Å². The number of ether oxygens (including phenoxy) is 10.